The van der Waals surface area contributed by atoms with Gasteiger partial charge in [0.1, 0.15) is 19.0 Å². The van der Waals surface area contributed by atoms with Crippen molar-refractivity contribution in [2.75, 3.05) is 17.9 Å². The number of hydrogen-bond acceptors (Lipinski definition) is 5. The minimum absolute atomic E-state index is 0.0604. The van der Waals surface area contributed by atoms with Crippen LogP contribution in [-0.2, 0) is 10.0 Å². The van der Waals surface area contributed by atoms with Gasteiger partial charge in [-0.2, -0.15) is 0 Å². The monoisotopic (exact) mass is 349 g/mol. The number of rotatable bonds is 5. The maximum absolute atomic E-state index is 12.5. The Morgan fingerprint density at radius 1 is 1.00 bits per heavy atom. The molecule has 0 saturated heterocycles. The number of benzene rings is 2. The largest absolute Gasteiger partial charge is 0.491 e. The highest BCUT2D eigenvalue weighted by atomic mass is 32.2. The summed E-state index contributed by atoms with van der Waals surface area (Å²) < 4.78 is 43.9. The van der Waals surface area contributed by atoms with Crippen LogP contribution in [-0.4, -0.2) is 27.7 Å². The summed E-state index contributed by atoms with van der Waals surface area (Å²) in [6, 6.07) is 11.3. The van der Waals surface area contributed by atoms with Gasteiger partial charge in [-0.1, -0.05) is 0 Å². The van der Waals surface area contributed by atoms with Crippen LogP contribution in [0.1, 0.15) is 13.8 Å². The van der Waals surface area contributed by atoms with Crippen LogP contribution < -0.4 is 18.9 Å². The Balaban J connectivity index is 1.78. The minimum atomic E-state index is -3.71. The van der Waals surface area contributed by atoms with E-state index < -0.39 is 10.0 Å². The molecule has 0 amide bonds. The van der Waals surface area contributed by atoms with Crippen molar-refractivity contribution in [2.45, 2.75) is 24.8 Å². The van der Waals surface area contributed by atoms with Crippen molar-refractivity contribution in [1.82, 2.24) is 0 Å². The van der Waals surface area contributed by atoms with Crippen molar-refractivity contribution in [3.8, 4) is 17.2 Å². The van der Waals surface area contributed by atoms with Gasteiger partial charge in [0.05, 0.1) is 11.0 Å². The summed E-state index contributed by atoms with van der Waals surface area (Å²) in [5, 5.41) is 0. The first-order chi connectivity index (χ1) is 11.4. The van der Waals surface area contributed by atoms with Gasteiger partial charge < -0.3 is 14.2 Å². The topological polar surface area (TPSA) is 73.9 Å². The molecular weight excluding hydrogens is 330 g/mol. The summed E-state index contributed by atoms with van der Waals surface area (Å²) in [6.07, 6.45) is 0.0604. The molecule has 0 unspecified atom stereocenters. The third-order valence-electron chi connectivity index (χ3n) is 3.30. The maximum atomic E-state index is 12.5. The van der Waals surface area contributed by atoms with Crippen LogP contribution in [0.15, 0.2) is 47.4 Å². The predicted octanol–water partition coefficient (Wildman–Crippen LogP) is 3.05. The van der Waals surface area contributed by atoms with Crippen molar-refractivity contribution >= 4 is 15.7 Å². The second kappa shape index (κ2) is 6.60. The van der Waals surface area contributed by atoms with Gasteiger partial charge in [-0.25, -0.2) is 8.42 Å². The molecule has 0 bridgehead atoms. The van der Waals surface area contributed by atoms with Gasteiger partial charge in [0.15, 0.2) is 11.5 Å². The average molecular weight is 349 g/mol. The lowest BCUT2D eigenvalue weighted by molar-refractivity contribution is 0.171. The van der Waals surface area contributed by atoms with E-state index in [0.717, 1.165) is 0 Å². The van der Waals surface area contributed by atoms with E-state index >= 15 is 0 Å². The standard InChI is InChI=1S/C17H19NO5S/c1-12(2)23-14-5-3-13(4-6-14)18-24(19,20)15-7-8-16-17(11-15)22-10-9-21-16/h3-8,11-12,18H,9-10H2,1-2H3. The molecule has 6 nitrogen and oxygen atoms in total. The van der Waals surface area contributed by atoms with Crippen LogP contribution in [0.3, 0.4) is 0 Å². The molecule has 0 atom stereocenters. The van der Waals surface area contributed by atoms with Crippen molar-refractivity contribution in [1.29, 1.82) is 0 Å². The molecule has 0 spiro atoms. The van der Waals surface area contributed by atoms with E-state index in [1.54, 1.807) is 30.3 Å². The average Bonchev–Trinajstić information content (AvgIpc) is 2.55. The summed E-state index contributed by atoms with van der Waals surface area (Å²) >= 11 is 0. The van der Waals surface area contributed by atoms with E-state index in [4.69, 9.17) is 14.2 Å². The lowest BCUT2D eigenvalue weighted by atomic mass is 10.3. The molecular formula is C17H19NO5S. The van der Waals surface area contributed by atoms with Crippen LogP contribution in [0.2, 0.25) is 0 Å². The Bertz CT molecular complexity index is 815. The van der Waals surface area contributed by atoms with Crippen molar-refractivity contribution < 1.29 is 22.6 Å². The Morgan fingerprint density at radius 3 is 2.33 bits per heavy atom. The molecule has 0 radical (unpaired) electrons. The van der Waals surface area contributed by atoms with Gasteiger partial charge in [0, 0.05) is 11.8 Å². The Morgan fingerprint density at radius 2 is 1.67 bits per heavy atom. The van der Waals surface area contributed by atoms with E-state index in [2.05, 4.69) is 4.72 Å². The molecule has 2 aromatic rings. The number of ether oxygens (including phenoxy) is 3. The number of anilines is 1. The van der Waals surface area contributed by atoms with Crippen LogP contribution in [0, 0.1) is 0 Å². The normalized spacial score (nSPS) is 13.6. The van der Waals surface area contributed by atoms with E-state index in [9.17, 15) is 8.42 Å². The van der Waals surface area contributed by atoms with Gasteiger partial charge in [-0.3, -0.25) is 4.72 Å². The summed E-state index contributed by atoms with van der Waals surface area (Å²) in [5.41, 5.74) is 0.459. The fourth-order valence-corrected chi connectivity index (χ4v) is 3.35. The van der Waals surface area contributed by atoms with Gasteiger partial charge in [-0.05, 0) is 50.2 Å². The molecule has 3 rings (SSSR count). The van der Waals surface area contributed by atoms with Gasteiger partial charge >= 0.3 is 0 Å². The summed E-state index contributed by atoms with van der Waals surface area (Å²) in [7, 11) is -3.71. The molecule has 128 valence electrons. The van der Waals surface area contributed by atoms with E-state index in [0.29, 0.717) is 36.1 Å². The Labute approximate surface area is 141 Å². The summed E-state index contributed by atoms with van der Waals surface area (Å²) in [6.45, 7) is 4.72. The highest BCUT2D eigenvalue weighted by Crippen LogP contribution is 2.32. The van der Waals surface area contributed by atoms with E-state index in [1.807, 2.05) is 13.8 Å². The molecule has 1 aliphatic rings. The minimum Gasteiger partial charge on any atom is -0.491 e. The zero-order chi connectivity index (χ0) is 17.2. The number of fused-ring (bicyclic) bond motifs is 1. The summed E-state index contributed by atoms with van der Waals surface area (Å²) in [4.78, 5) is 0.120. The van der Waals surface area contributed by atoms with Crippen LogP contribution in [0.4, 0.5) is 5.69 Å². The Hall–Kier alpha value is -2.41. The SMILES string of the molecule is CC(C)Oc1ccc(NS(=O)(=O)c2ccc3c(c2)OCCO3)cc1. The third-order valence-corrected chi connectivity index (χ3v) is 4.68. The molecule has 7 heteroatoms. The Kier molecular flexibility index (Phi) is 4.53. The van der Waals surface area contributed by atoms with E-state index in [1.165, 1.54) is 12.1 Å². The lowest BCUT2D eigenvalue weighted by Crippen LogP contribution is -2.17. The maximum Gasteiger partial charge on any atom is 0.262 e. The quantitative estimate of drug-likeness (QED) is 0.898. The van der Waals surface area contributed by atoms with Crippen LogP contribution in [0.5, 0.6) is 17.2 Å². The molecule has 1 aliphatic heterocycles. The first kappa shape index (κ1) is 16.4. The van der Waals surface area contributed by atoms with Gasteiger partial charge in [-0.15, -0.1) is 0 Å². The van der Waals surface area contributed by atoms with Crippen molar-refractivity contribution in [3.05, 3.63) is 42.5 Å². The summed E-state index contributed by atoms with van der Waals surface area (Å²) in [5.74, 6) is 1.67. The second-order valence-electron chi connectivity index (χ2n) is 5.60. The molecule has 0 fully saturated rings. The first-order valence-electron chi connectivity index (χ1n) is 7.63. The number of sulfonamides is 1. The molecule has 0 aliphatic carbocycles. The lowest BCUT2D eigenvalue weighted by Gasteiger charge is -2.19. The molecule has 0 saturated carbocycles. The predicted molar refractivity (Wildman–Crippen MR) is 90.4 cm³/mol. The van der Waals surface area contributed by atoms with E-state index in [-0.39, 0.29) is 11.0 Å². The highest BCUT2D eigenvalue weighted by molar-refractivity contribution is 7.92. The second-order valence-corrected chi connectivity index (χ2v) is 7.28. The molecule has 1 heterocycles. The number of hydrogen-bond donors (Lipinski definition) is 1. The van der Waals surface area contributed by atoms with Crippen molar-refractivity contribution in [3.63, 3.8) is 0 Å². The zero-order valence-corrected chi connectivity index (χ0v) is 14.3. The number of nitrogens with one attached hydrogen (secondary N) is 1. The fraction of sp³-hybridized carbons (Fsp3) is 0.294. The molecule has 1 N–H and O–H groups in total. The molecule has 2 aromatic carbocycles. The molecule has 24 heavy (non-hydrogen) atoms. The van der Waals surface area contributed by atoms with Crippen LogP contribution >= 0.6 is 0 Å². The van der Waals surface area contributed by atoms with Gasteiger partial charge in [0.25, 0.3) is 10.0 Å². The third kappa shape index (κ3) is 3.73. The zero-order valence-electron chi connectivity index (χ0n) is 13.5. The first-order valence-corrected chi connectivity index (χ1v) is 9.11. The smallest absolute Gasteiger partial charge is 0.262 e. The highest BCUT2D eigenvalue weighted by Gasteiger charge is 2.19. The molecule has 0 aromatic heterocycles. The van der Waals surface area contributed by atoms with Gasteiger partial charge in [0.2, 0.25) is 0 Å². The van der Waals surface area contributed by atoms with Crippen LogP contribution in [0.25, 0.3) is 0 Å². The van der Waals surface area contributed by atoms with Crippen molar-refractivity contribution in [2.24, 2.45) is 0 Å². The fourth-order valence-electron chi connectivity index (χ4n) is 2.28.